The van der Waals surface area contributed by atoms with Crippen LogP contribution in [0.5, 0.6) is 0 Å². The molecule has 2 saturated heterocycles. The normalized spacial score (nSPS) is 27.9. The van der Waals surface area contributed by atoms with Crippen LogP contribution in [-0.4, -0.2) is 49.9 Å². The minimum Gasteiger partial charge on any atom is -0.355 e. The van der Waals surface area contributed by atoms with Gasteiger partial charge in [0.2, 0.25) is 11.8 Å². The van der Waals surface area contributed by atoms with Gasteiger partial charge in [-0.05, 0) is 38.4 Å². The van der Waals surface area contributed by atoms with Crippen LogP contribution < -0.4 is 10.6 Å². The lowest BCUT2D eigenvalue weighted by atomic mass is 9.80. The molecule has 0 aromatic heterocycles. The second kappa shape index (κ2) is 5.26. The Kier molecular flexibility index (Phi) is 3.90. The Balaban J connectivity index is 1.77. The molecule has 2 aliphatic rings. The Bertz CT molecular complexity index is 335. The van der Waals surface area contributed by atoms with E-state index in [9.17, 15) is 9.59 Å². The molecule has 5 nitrogen and oxygen atoms in total. The predicted molar refractivity (Wildman–Crippen MR) is 69.0 cm³/mol. The van der Waals surface area contributed by atoms with Crippen LogP contribution in [-0.2, 0) is 9.59 Å². The number of hydrogen-bond donors (Lipinski definition) is 2. The highest BCUT2D eigenvalue weighted by Gasteiger charge is 2.32. The van der Waals surface area contributed by atoms with Crippen LogP contribution in [0.3, 0.4) is 0 Å². The van der Waals surface area contributed by atoms with Gasteiger partial charge in [-0.15, -0.1) is 0 Å². The Labute approximate surface area is 108 Å². The topological polar surface area (TPSA) is 61.4 Å². The van der Waals surface area contributed by atoms with Gasteiger partial charge >= 0.3 is 0 Å². The maximum atomic E-state index is 11.9. The minimum absolute atomic E-state index is 0.0133. The highest BCUT2D eigenvalue weighted by atomic mass is 16.2. The molecule has 2 aliphatic heterocycles. The van der Waals surface area contributed by atoms with Crippen LogP contribution >= 0.6 is 0 Å². The fourth-order valence-electron chi connectivity index (χ4n) is 2.57. The van der Waals surface area contributed by atoms with E-state index in [1.165, 1.54) is 0 Å². The van der Waals surface area contributed by atoms with E-state index >= 15 is 0 Å². The summed E-state index contributed by atoms with van der Waals surface area (Å²) in [5.74, 6) is -0.165. The molecule has 0 spiro atoms. The molecule has 2 N–H and O–H groups in total. The van der Waals surface area contributed by atoms with Crippen LogP contribution in [0.15, 0.2) is 0 Å². The van der Waals surface area contributed by atoms with Crippen LogP contribution in [0.25, 0.3) is 0 Å². The smallest absolute Gasteiger partial charge is 0.225 e. The summed E-state index contributed by atoms with van der Waals surface area (Å²) in [4.78, 5) is 25.3. The summed E-state index contributed by atoms with van der Waals surface area (Å²) in [5.41, 5.74) is 0.207. The summed E-state index contributed by atoms with van der Waals surface area (Å²) < 4.78 is 0. The quantitative estimate of drug-likeness (QED) is 0.742. The lowest BCUT2D eigenvalue weighted by Gasteiger charge is -2.38. The average molecular weight is 253 g/mol. The van der Waals surface area contributed by atoms with Gasteiger partial charge in [-0.3, -0.25) is 9.59 Å². The molecule has 102 valence electrons. The summed E-state index contributed by atoms with van der Waals surface area (Å²) in [6.45, 7) is 5.64. The van der Waals surface area contributed by atoms with E-state index in [-0.39, 0.29) is 23.1 Å². The fourth-order valence-corrected chi connectivity index (χ4v) is 2.57. The molecular weight excluding hydrogens is 230 g/mol. The number of likely N-dealkylation sites (tertiary alicyclic amines) is 1. The summed E-state index contributed by atoms with van der Waals surface area (Å²) in [7, 11) is 2.13. The molecule has 2 heterocycles. The number of nitrogens with one attached hydrogen (secondary N) is 2. The lowest BCUT2D eigenvalue weighted by molar-refractivity contribution is -0.127. The van der Waals surface area contributed by atoms with Crippen molar-refractivity contribution in [3.05, 3.63) is 0 Å². The second-order valence-electron chi connectivity index (χ2n) is 6.04. The van der Waals surface area contributed by atoms with Gasteiger partial charge in [0.15, 0.2) is 0 Å². The summed E-state index contributed by atoms with van der Waals surface area (Å²) in [5, 5.41) is 5.72. The molecule has 2 rings (SSSR count). The first kappa shape index (κ1) is 13.3. The molecule has 1 unspecified atom stereocenters. The van der Waals surface area contributed by atoms with Gasteiger partial charge < -0.3 is 15.5 Å². The van der Waals surface area contributed by atoms with E-state index in [0.717, 1.165) is 32.5 Å². The molecule has 0 bridgehead atoms. The van der Waals surface area contributed by atoms with Gasteiger partial charge in [0.05, 0.1) is 5.92 Å². The zero-order chi connectivity index (χ0) is 13.2. The highest BCUT2D eigenvalue weighted by molar-refractivity contribution is 5.89. The Morgan fingerprint density at radius 2 is 2.17 bits per heavy atom. The van der Waals surface area contributed by atoms with Gasteiger partial charge in [-0.1, -0.05) is 6.92 Å². The zero-order valence-corrected chi connectivity index (χ0v) is 11.3. The SMILES string of the molecule is CN1CCC(C)(CNC(=O)C2CNC(=O)C2)CC1. The highest BCUT2D eigenvalue weighted by Crippen LogP contribution is 2.29. The standard InChI is InChI=1S/C13H23N3O2/c1-13(3-5-16(2)6-4-13)9-15-12(18)10-7-11(17)14-8-10/h10H,3-9H2,1-2H3,(H,14,17)(H,15,18). The number of amides is 2. The summed E-state index contributed by atoms with van der Waals surface area (Å²) in [6.07, 6.45) is 2.57. The molecule has 2 amide bonds. The van der Waals surface area contributed by atoms with Crippen molar-refractivity contribution < 1.29 is 9.59 Å². The van der Waals surface area contributed by atoms with Gasteiger partial charge in [0, 0.05) is 19.5 Å². The van der Waals surface area contributed by atoms with Crippen LogP contribution in [0.1, 0.15) is 26.2 Å². The number of carbonyl (C=O) groups excluding carboxylic acids is 2. The Hall–Kier alpha value is -1.10. The molecule has 0 aromatic carbocycles. The third-order valence-electron chi connectivity index (χ3n) is 4.23. The van der Waals surface area contributed by atoms with Gasteiger partial charge in [-0.25, -0.2) is 0 Å². The number of rotatable bonds is 3. The molecule has 0 aliphatic carbocycles. The Morgan fingerprint density at radius 1 is 1.50 bits per heavy atom. The molecule has 0 radical (unpaired) electrons. The molecule has 2 fully saturated rings. The van der Waals surface area contributed by atoms with E-state index < -0.39 is 0 Å². The molecule has 18 heavy (non-hydrogen) atoms. The molecular formula is C13H23N3O2. The van der Waals surface area contributed by atoms with Gasteiger partial charge in [0.25, 0.3) is 0 Å². The molecule has 5 heteroatoms. The maximum absolute atomic E-state index is 11.9. The molecule has 1 atom stereocenters. The zero-order valence-electron chi connectivity index (χ0n) is 11.3. The van der Waals surface area contributed by atoms with E-state index in [1.54, 1.807) is 0 Å². The Morgan fingerprint density at radius 3 is 2.72 bits per heavy atom. The minimum atomic E-state index is -0.174. The van der Waals surface area contributed by atoms with E-state index in [2.05, 4.69) is 29.5 Å². The fraction of sp³-hybridized carbons (Fsp3) is 0.846. The van der Waals surface area contributed by atoms with Crippen LogP contribution in [0, 0.1) is 11.3 Å². The second-order valence-corrected chi connectivity index (χ2v) is 6.04. The monoisotopic (exact) mass is 253 g/mol. The molecule has 0 aromatic rings. The molecule has 0 saturated carbocycles. The first-order chi connectivity index (χ1) is 8.48. The largest absolute Gasteiger partial charge is 0.355 e. The van der Waals surface area contributed by atoms with Crippen LogP contribution in [0.2, 0.25) is 0 Å². The van der Waals surface area contributed by atoms with Crippen molar-refractivity contribution in [2.45, 2.75) is 26.2 Å². The number of piperidine rings is 1. The van der Waals surface area contributed by atoms with Crippen molar-refractivity contribution in [2.24, 2.45) is 11.3 Å². The van der Waals surface area contributed by atoms with Gasteiger partial charge in [-0.2, -0.15) is 0 Å². The summed E-state index contributed by atoms with van der Waals surface area (Å²) in [6, 6.07) is 0. The average Bonchev–Trinajstić information content (AvgIpc) is 2.77. The van der Waals surface area contributed by atoms with E-state index in [0.29, 0.717) is 13.0 Å². The van der Waals surface area contributed by atoms with Crippen molar-refractivity contribution in [3.63, 3.8) is 0 Å². The first-order valence-corrected chi connectivity index (χ1v) is 6.71. The number of nitrogens with zero attached hydrogens (tertiary/aromatic N) is 1. The number of carbonyl (C=O) groups is 2. The summed E-state index contributed by atoms with van der Waals surface area (Å²) >= 11 is 0. The lowest BCUT2D eigenvalue weighted by Crippen LogP contribution is -2.45. The van der Waals surface area contributed by atoms with E-state index in [1.807, 2.05) is 0 Å². The van der Waals surface area contributed by atoms with Crippen molar-refractivity contribution in [2.75, 3.05) is 33.2 Å². The van der Waals surface area contributed by atoms with Crippen LogP contribution in [0.4, 0.5) is 0 Å². The third kappa shape index (κ3) is 3.22. The van der Waals surface area contributed by atoms with Crippen molar-refractivity contribution >= 4 is 11.8 Å². The number of hydrogen-bond acceptors (Lipinski definition) is 3. The first-order valence-electron chi connectivity index (χ1n) is 6.71. The third-order valence-corrected chi connectivity index (χ3v) is 4.23. The van der Waals surface area contributed by atoms with E-state index in [4.69, 9.17) is 0 Å². The van der Waals surface area contributed by atoms with Crippen molar-refractivity contribution in [1.29, 1.82) is 0 Å². The predicted octanol–water partition coefficient (Wildman–Crippen LogP) is -0.0294. The van der Waals surface area contributed by atoms with Crippen molar-refractivity contribution in [3.8, 4) is 0 Å². The van der Waals surface area contributed by atoms with Gasteiger partial charge in [0.1, 0.15) is 0 Å². The maximum Gasteiger partial charge on any atom is 0.225 e. The van der Waals surface area contributed by atoms with Crippen molar-refractivity contribution in [1.82, 2.24) is 15.5 Å².